The van der Waals surface area contributed by atoms with Gasteiger partial charge in [0.1, 0.15) is 11.6 Å². The molecule has 0 bridgehead atoms. The normalized spacial score (nSPS) is 13.3. The van der Waals surface area contributed by atoms with E-state index in [1.165, 1.54) is 24.1 Å². The zero-order chi connectivity index (χ0) is 20.5. The molecular formula is C24H25N5O. The largest absolute Gasteiger partial charge is 0.497 e. The van der Waals surface area contributed by atoms with E-state index in [0.717, 1.165) is 52.6 Å². The molecule has 1 aliphatic carbocycles. The van der Waals surface area contributed by atoms with Crippen molar-refractivity contribution in [1.82, 2.24) is 19.6 Å². The number of ether oxygens (including phenoxy) is 1. The second kappa shape index (κ2) is 7.78. The lowest BCUT2D eigenvalue weighted by Gasteiger charge is -2.20. The molecule has 0 radical (unpaired) electrons. The average Bonchev–Trinajstić information content (AvgIpc) is 3.12. The monoisotopic (exact) mass is 399 g/mol. The molecule has 152 valence electrons. The summed E-state index contributed by atoms with van der Waals surface area (Å²) < 4.78 is 7.31. The molecule has 1 aliphatic rings. The van der Waals surface area contributed by atoms with Crippen LogP contribution in [0, 0.1) is 6.92 Å². The first kappa shape index (κ1) is 18.6. The van der Waals surface area contributed by atoms with Crippen molar-refractivity contribution in [2.45, 2.75) is 39.2 Å². The summed E-state index contributed by atoms with van der Waals surface area (Å²) in [6.45, 7) is 2.71. The van der Waals surface area contributed by atoms with Gasteiger partial charge in [-0.1, -0.05) is 18.2 Å². The fourth-order valence-electron chi connectivity index (χ4n) is 4.25. The van der Waals surface area contributed by atoms with E-state index in [2.05, 4.69) is 29.4 Å². The standard InChI is InChI=1S/C24H25N5O/c1-16-22(17-10-12-19(30-2)13-11-17)24-27-21-9-4-3-8-20(21)23(29(24)28-16)26-15-18-7-5-6-14-25-18/h5-7,10-14,26H,3-4,8-9,15H2,1-2H3. The Bertz CT molecular complexity index is 1180. The van der Waals surface area contributed by atoms with Crippen LogP contribution < -0.4 is 10.1 Å². The predicted octanol–water partition coefficient (Wildman–Crippen LogP) is 4.60. The number of nitrogens with one attached hydrogen (secondary N) is 1. The summed E-state index contributed by atoms with van der Waals surface area (Å²) in [5.74, 6) is 1.89. The van der Waals surface area contributed by atoms with Crippen molar-refractivity contribution < 1.29 is 4.74 Å². The Morgan fingerprint density at radius 3 is 2.67 bits per heavy atom. The Morgan fingerprint density at radius 1 is 1.07 bits per heavy atom. The fourth-order valence-corrected chi connectivity index (χ4v) is 4.25. The van der Waals surface area contributed by atoms with Gasteiger partial charge < -0.3 is 10.1 Å². The minimum atomic E-state index is 0.656. The number of fused-ring (bicyclic) bond motifs is 2. The number of hydrogen-bond acceptors (Lipinski definition) is 5. The molecule has 0 saturated carbocycles. The highest BCUT2D eigenvalue weighted by atomic mass is 16.5. The van der Waals surface area contributed by atoms with Crippen molar-refractivity contribution in [2.24, 2.45) is 0 Å². The summed E-state index contributed by atoms with van der Waals surface area (Å²) in [5, 5.41) is 8.51. The smallest absolute Gasteiger partial charge is 0.165 e. The second-order valence-corrected chi connectivity index (χ2v) is 7.69. The molecule has 0 aliphatic heterocycles. The number of pyridine rings is 1. The van der Waals surface area contributed by atoms with E-state index >= 15 is 0 Å². The van der Waals surface area contributed by atoms with Gasteiger partial charge in [0, 0.05) is 23.0 Å². The van der Waals surface area contributed by atoms with Gasteiger partial charge in [-0.25, -0.2) is 4.98 Å². The van der Waals surface area contributed by atoms with Crippen LogP contribution in [0.25, 0.3) is 16.8 Å². The van der Waals surface area contributed by atoms with Crippen LogP contribution >= 0.6 is 0 Å². The topological polar surface area (TPSA) is 64.3 Å². The molecule has 0 atom stereocenters. The number of hydrogen-bond donors (Lipinski definition) is 1. The third kappa shape index (κ3) is 3.28. The number of anilines is 1. The molecule has 5 rings (SSSR count). The average molecular weight is 399 g/mol. The van der Waals surface area contributed by atoms with E-state index in [9.17, 15) is 0 Å². The van der Waals surface area contributed by atoms with Crippen LogP contribution in [-0.2, 0) is 19.4 Å². The molecule has 3 aromatic heterocycles. The molecule has 6 nitrogen and oxygen atoms in total. The van der Waals surface area contributed by atoms with Gasteiger partial charge >= 0.3 is 0 Å². The van der Waals surface area contributed by atoms with Gasteiger partial charge in [-0.05, 0) is 62.4 Å². The zero-order valence-corrected chi connectivity index (χ0v) is 17.4. The minimum Gasteiger partial charge on any atom is -0.497 e. The van der Waals surface area contributed by atoms with E-state index in [-0.39, 0.29) is 0 Å². The van der Waals surface area contributed by atoms with Crippen LogP contribution in [-0.4, -0.2) is 26.7 Å². The first-order valence-corrected chi connectivity index (χ1v) is 10.4. The first-order chi connectivity index (χ1) is 14.7. The zero-order valence-electron chi connectivity index (χ0n) is 17.4. The van der Waals surface area contributed by atoms with Gasteiger partial charge in [-0.15, -0.1) is 0 Å². The lowest BCUT2D eigenvalue weighted by atomic mass is 9.96. The molecule has 30 heavy (non-hydrogen) atoms. The van der Waals surface area contributed by atoms with Crippen LogP contribution in [0.15, 0.2) is 48.7 Å². The molecule has 0 unspecified atom stereocenters. The predicted molar refractivity (Wildman–Crippen MR) is 118 cm³/mol. The lowest BCUT2D eigenvalue weighted by Crippen LogP contribution is -2.15. The number of aromatic nitrogens is 4. The molecule has 0 amide bonds. The van der Waals surface area contributed by atoms with E-state index in [4.69, 9.17) is 14.8 Å². The maximum Gasteiger partial charge on any atom is 0.165 e. The second-order valence-electron chi connectivity index (χ2n) is 7.69. The van der Waals surface area contributed by atoms with E-state index < -0.39 is 0 Å². The minimum absolute atomic E-state index is 0.656. The summed E-state index contributed by atoms with van der Waals surface area (Å²) in [6.07, 6.45) is 6.23. The Balaban J connectivity index is 1.64. The molecule has 4 aromatic rings. The van der Waals surface area contributed by atoms with Gasteiger partial charge in [0.25, 0.3) is 0 Å². The maximum absolute atomic E-state index is 5.32. The summed E-state index contributed by atoms with van der Waals surface area (Å²) >= 11 is 0. The van der Waals surface area contributed by atoms with E-state index in [1.807, 2.05) is 41.0 Å². The van der Waals surface area contributed by atoms with Crippen molar-refractivity contribution in [3.05, 3.63) is 71.3 Å². The number of nitrogens with zero attached hydrogens (tertiary/aromatic N) is 4. The van der Waals surface area contributed by atoms with Crippen molar-refractivity contribution >= 4 is 11.5 Å². The summed E-state index contributed by atoms with van der Waals surface area (Å²) in [7, 11) is 1.68. The number of aryl methyl sites for hydroxylation is 2. The van der Waals surface area contributed by atoms with Crippen molar-refractivity contribution in [3.8, 4) is 16.9 Å². The van der Waals surface area contributed by atoms with Crippen LogP contribution in [0.5, 0.6) is 5.75 Å². The third-order valence-corrected chi connectivity index (χ3v) is 5.76. The molecule has 3 heterocycles. The van der Waals surface area contributed by atoms with E-state index in [0.29, 0.717) is 6.54 Å². The summed E-state index contributed by atoms with van der Waals surface area (Å²) in [6, 6.07) is 14.1. The molecule has 0 saturated heterocycles. The Labute approximate surface area is 176 Å². The van der Waals surface area contributed by atoms with Gasteiger partial charge in [-0.2, -0.15) is 9.61 Å². The van der Waals surface area contributed by atoms with Gasteiger partial charge in [0.05, 0.1) is 25.0 Å². The lowest BCUT2D eigenvalue weighted by molar-refractivity contribution is 0.415. The SMILES string of the molecule is COc1ccc(-c2c(C)nn3c(NCc4ccccn4)c4c(nc23)CCCC4)cc1. The number of benzene rings is 1. The van der Waals surface area contributed by atoms with Crippen molar-refractivity contribution in [2.75, 3.05) is 12.4 Å². The van der Waals surface area contributed by atoms with Crippen molar-refractivity contribution in [3.63, 3.8) is 0 Å². The van der Waals surface area contributed by atoms with Crippen LogP contribution in [0.1, 0.15) is 35.5 Å². The Morgan fingerprint density at radius 2 is 1.90 bits per heavy atom. The van der Waals surface area contributed by atoms with Crippen LogP contribution in [0.4, 0.5) is 5.82 Å². The fraction of sp³-hybridized carbons (Fsp3) is 0.292. The van der Waals surface area contributed by atoms with Crippen LogP contribution in [0.2, 0.25) is 0 Å². The molecule has 0 fully saturated rings. The third-order valence-electron chi connectivity index (χ3n) is 5.76. The molecule has 1 N–H and O–H groups in total. The Kier molecular flexibility index (Phi) is 4.83. The molecular weight excluding hydrogens is 374 g/mol. The van der Waals surface area contributed by atoms with E-state index in [1.54, 1.807) is 7.11 Å². The molecule has 6 heteroatoms. The van der Waals surface area contributed by atoms with Gasteiger partial charge in [-0.3, -0.25) is 4.98 Å². The van der Waals surface area contributed by atoms with Gasteiger partial charge in [0.2, 0.25) is 0 Å². The highest BCUT2D eigenvalue weighted by Gasteiger charge is 2.23. The summed E-state index contributed by atoms with van der Waals surface area (Å²) in [4.78, 5) is 9.54. The number of rotatable bonds is 5. The highest BCUT2D eigenvalue weighted by Crippen LogP contribution is 2.34. The molecule has 1 aromatic carbocycles. The maximum atomic E-state index is 5.32. The first-order valence-electron chi connectivity index (χ1n) is 10.4. The Hall–Kier alpha value is -3.41. The number of methoxy groups -OCH3 is 1. The highest BCUT2D eigenvalue weighted by molar-refractivity contribution is 5.81. The summed E-state index contributed by atoms with van der Waals surface area (Å²) in [5.41, 5.74) is 7.53. The van der Waals surface area contributed by atoms with Crippen molar-refractivity contribution in [1.29, 1.82) is 0 Å². The van der Waals surface area contributed by atoms with Crippen LogP contribution in [0.3, 0.4) is 0 Å². The quantitative estimate of drug-likeness (QED) is 0.531. The van der Waals surface area contributed by atoms with Gasteiger partial charge in [0.15, 0.2) is 5.65 Å². The molecule has 0 spiro atoms.